The zero-order chi connectivity index (χ0) is 30.3. The number of sulfonamides is 1. The molecule has 0 aliphatic heterocycles. The number of methoxy groups -OCH3 is 2. The number of halogens is 1. The van der Waals surface area contributed by atoms with Crippen molar-refractivity contribution in [1.29, 1.82) is 0 Å². The molecule has 9 nitrogen and oxygen atoms in total. The molecule has 4 rings (SSSR count). The maximum absolute atomic E-state index is 14.0. The molecule has 42 heavy (non-hydrogen) atoms. The lowest BCUT2D eigenvalue weighted by molar-refractivity contribution is -0.139. The zero-order valence-electron chi connectivity index (χ0n) is 24.0. The summed E-state index contributed by atoms with van der Waals surface area (Å²) in [6.45, 7) is 0.983. The van der Waals surface area contributed by atoms with E-state index in [0.717, 1.165) is 30.0 Å². The van der Waals surface area contributed by atoms with Crippen LogP contribution >= 0.6 is 0 Å². The van der Waals surface area contributed by atoms with Crippen LogP contribution in [0.5, 0.6) is 11.5 Å². The van der Waals surface area contributed by atoms with E-state index in [2.05, 4.69) is 5.32 Å². The van der Waals surface area contributed by atoms with Crippen LogP contribution in [0.3, 0.4) is 0 Å². The molecule has 0 bridgehead atoms. The minimum atomic E-state index is -4.23. The molecule has 224 valence electrons. The third kappa shape index (κ3) is 7.20. The predicted octanol–water partition coefficient (Wildman–Crippen LogP) is 4.51. The fraction of sp³-hybridized carbons (Fsp3) is 0.355. The fourth-order valence-electron chi connectivity index (χ4n) is 4.99. The van der Waals surface area contributed by atoms with Gasteiger partial charge in [-0.15, -0.1) is 0 Å². The van der Waals surface area contributed by atoms with Crippen LogP contribution in [-0.2, 0) is 26.2 Å². The van der Waals surface area contributed by atoms with E-state index in [1.165, 1.54) is 67.7 Å². The summed E-state index contributed by atoms with van der Waals surface area (Å²) in [7, 11) is -1.34. The Hall–Kier alpha value is -4.12. The number of nitrogens with one attached hydrogen (secondary N) is 1. The number of hydrogen-bond donors (Lipinski definition) is 1. The number of ether oxygens (including phenoxy) is 2. The number of anilines is 1. The standard InChI is InChI=1S/C31H36FN3O6S/c1-22(31(37)33-25-9-7-8-10-25)34(20-23-13-15-24(32)16-14-23)30(36)21-35(42(38,39)27-11-5-4-6-12-27)26-17-18-28(40-2)29(19-26)41-3/h4-6,11-19,22,25H,7-10,20-21H2,1-3H3,(H,33,37). The topological polar surface area (TPSA) is 105 Å². The Kier molecular flexibility index (Phi) is 10.1. The van der Waals surface area contributed by atoms with Gasteiger partial charge in [-0.2, -0.15) is 0 Å². The van der Waals surface area contributed by atoms with E-state index in [-0.39, 0.29) is 34.8 Å². The number of carbonyl (C=O) groups is 2. The fourth-order valence-corrected chi connectivity index (χ4v) is 6.42. The summed E-state index contributed by atoms with van der Waals surface area (Å²) in [4.78, 5) is 28.7. The molecule has 1 N–H and O–H groups in total. The molecule has 0 heterocycles. The summed E-state index contributed by atoms with van der Waals surface area (Å²) < 4.78 is 53.2. The molecule has 1 aliphatic rings. The van der Waals surface area contributed by atoms with Crippen molar-refractivity contribution in [2.24, 2.45) is 0 Å². The van der Waals surface area contributed by atoms with E-state index < -0.39 is 34.3 Å². The van der Waals surface area contributed by atoms with Gasteiger partial charge < -0.3 is 19.7 Å². The number of carbonyl (C=O) groups excluding carboxylic acids is 2. The van der Waals surface area contributed by atoms with Gasteiger partial charge in [-0.25, -0.2) is 12.8 Å². The maximum atomic E-state index is 14.0. The second kappa shape index (κ2) is 13.7. The number of benzene rings is 3. The van der Waals surface area contributed by atoms with Crippen LogP contribution in [-0.4, -0.2) is 58.0 Å². The summed E-state index contributed by atoms with van der Waals surface area (Å²) >= 11 is 0. The van der Waals surface area contributed by atoms with Gasteiger partial charge in [0.25, 0.3) is 10.0 Å². The van der Waals surface area contributed by atoms with Gasteiger partial charge in [0.15, 0.2) is 11.5 Å². The monoisotopic (exact) mass is 597 g/mol. The molecule has 0 spiro atoms. The Balaban J connectivity index is 1.71. The second-order valence-corrected chi connectivity index (χ2v) is 12.0. The number of amides is 2. The minimum absolute atomic E-state index is 0.00954. The molecule has 0 aromatic heterocycles. The number of nitrogens with zero attached hydrogens (tertiary/aromatic N) is 2. The van der Waals surface area contributed by atoms with Crippen molar-refractivity contribution in [3.05, 3.63) is 84.2 Å². The van der Waals surface area contributed by atoms with Gasteiger partial charge >= 0.3 is 0 Å². The van der Waals surface area contributed by atoms with Gasteiger partial charge in [-0.05, 0) is 61.7 Å². The van der Waals surface area contributed by atoms with E-state index in [1.807, 2.05) is 0 Å². The van der Waals surface area contributed by atoms with Gasteiger partial charge in [0.2, 0.25) is 11.8 Å². The van der Waals surface area contributed by atoms with Crippen molar-refractivity contribution in [3.63, 3.8) is 0 Å². The molecule has 2 amide bonds. The molecule has 3 aromatic carbocycles. The molecule has 1 unspecified atom stereocenters. The van der Waals surface area contributed by atoms with Crippen LogP contribution in [0.2, 0.25) is 0 Å². The van der Waals surface area contributed by atoms with Crippen LogP contribution in [0.25, 0.3) is 0 Å². The largest absolute Gasteiger partial charge is 0.493 e. The van der Waals surface area contributed by atoms with Crippen molar-refractivity contribution < 1.29 is 31.9 Å². The van der Waals surface area contributed by atoms with E-state index >= 15 is 0 Å². The highest BCUT2D eigenvalue weighted by atomic mass is 32.2. The van der Waals surface area contributed by atoms with E-state index in [4.69, 9.17) is 9.47 Å². The Bertz CT molecular complexity index is 1480. The Morgan fingerprint density at radius 2 is 1.60 bits per heavy atom. The second-order valence-electron chi connectivity index (χ2n) is 10.2. The van der Waals surface area contributed by atoms with Crippen LogP contribution in [0.1, 0.15) is 38.2 Å². The highest BCUT2D eigenvalue weighted by molar-refractivity contribution is 7.92. The molecule has 1 atom stereocenters. The van der Waals surface area contributed by atoms with Gasteiger partial charge in [0.05, 0.1) is 24.8 Å². The van der Waals surface area contributed by atoms with Gasteiger partial charge in [-0.3, -0.25) is 13.9 Å². The van der Waals surface area contributed by atoms with Crippen LogP contribution < -0.4 is 19.1 Å². The predicted molar refractivity (Wildman–Crippen MR) is 157 cm³/mol. The highest BCUT2D eigenvalue weighted by Gasteiger charge is 2.33. The van der Waals surface area contributed by atoms with E-state index in [1.54, 1.807) is 31.2 Å². The first-order valence-corrected chi connectivity index (χ1v) is 15.2. The molecule has 1 saturated carbocycles. The van der Waals surface area contributed by atoms with Crippen LogP contribution in [0.4, 0.5) is 10.1 Å². The van der Waals surface area contributed by atoms with Crippen molar-refractivity contribution in [3.8, 4) is 11.5 Å². The van der Waals surface area contributed by atoms with Crippen LogP contribution in [0, 0.1) is 5.82 Å². The van der Waals surface area contributed by atoms with E-state index in [0.29, 0.717) is 11.3 Å². The average Bonchev–Trinajstić information content (AvgIpc) is 3.52. The number of hydrogen-bond acceptors (Lipinski definition) is 6. The van der Waals surface area contributed by atoms with Crippen molar-refractivity contribution >= 4 is 27.5 Å². The first-order valence-electron chi connectivity index (χ1n) is 13.8. The summed E-state index contributed by atoms with van der Waals surface area (Å²) in [6.07, 6.45) is 3.78. The summed E-state index contributed by atoms with van der Waals surface area (Å²) in [5, 5.41) is 3.02. The highest BCUT2D eigenvalue weighted by Crippen LogP contribution is 2.34. The van der Waals surface area contributed by atoms with Crippen molar-refractivity contribution in [1.82, 2.24) is 10.2 Å². The zero-order valence-corrected chi connectivity index (χ0v) is 24.8. The quantitative estimate of drug-likeness (QED) is 0.329. The molecule has 3 aromatic rings. The van der Waals surface area contributed by atoms with Gasteiger partial charge in [0.1, 0.15) is 18.4 Å². The molecular weight excluding hydrogens is 561 g/mol. The van der Waals surface area contributed by atoms with Crippen molar-refractivity contribution in [2.45, 2.75) is 56.1 Å². The summed E-state index contributed by atoms with van der Waals surface area (Å²) in [5.41, 5.74) is 0.767. The van der Waals surface area contributed by atoms with Crippen LogP contribution in [0.15, 0.2) is 77.7 Å². The lowest BCUT2D eigenvalue weighted by Gasteiger charge is -2.32. The third-order valence-electron chi connectivity index (χ3n) is 7.40. The summed E-state index contributed by atoms with van der Waals surface area (Å²) in [5.74, 6) is -0.705. The molecular formula is C31H36FN3O6S. The smallest absolute Gasteiger partial charge is 0.264 e. The number of rotatable bonds is 12. The Morgan fingerprint density at radius 1 is 0.952 bits per heavy atom. The first kappa shape index (κ1) is 30.8. The molecule has 1 aliphatic carbocycles. The molecule has 11 heteroatoms. The van der Waals surface area contributed by atoms with Gasteiger partial charge in [-0.1, -0.05) is 43.2 Å². The summed E-state index contributed by atoms with van der Waals surface area (Å²) in [6, 6.07) is 17.1. The lowest BCUT2D eigenvalue weighted by Crippen LogP contribution is -2.52. The van der Waals surface area contributed by atoms with Gasteiger partial charge in [0, 0.05) is 18.7 Å². The Labute approximate surface area is 246 Å². The normalized spacial score (nSPS) is 14.2. The van der Waals surface area contributed by atoms with E-state index in [9.17, 15) is 22.4 Å². The molecule has 0 saturated heterocycles. The molecule has 0 radical (unpaired) electrons. The Morgan fingerprint density at radius 3 is 2.21 bits per heavy atom. The maximum Gasteiger partial charge on any atom is 0.264 e. The third-order valence-corrected chi connectivity index (χ3v) is 9.19. The first-order chi connectivity index (χ1) is 20.1. The average molecular weight is 598 g/mol. The lowest BCUT2D eigenvalue weighted by atomic mass is 10.1. The minimum Gasteiger partial charge on any atom is -0.493 e. The molecule has 1 fully saturated rings. The SMILES string of the molecule is COc1ccc(N(CC(=O)N(Cc2ccc(F)cc2)C(C)C(=O)NC2CCCC2)S(=O)(=O)c2ccccc2)cc1OC. The van der Waals surface area contributed by atoms with Crippen molar-refractivity contribution in [2.75, 3.05) is 25.1 Å².